The van der Waals surface area contributed by atoms with Crippen LogP contribution in [0.3, 0.4) is 0 Å². The van der Waals surface area contributed by atoms with Crippen LogP contribution in [0.1, 0.15) is 31.7 Å². The van der Waals surface area contributed by atoms with Crippen molar-refractivity contribution in [3.05, 3.63) is 11.8 Å². The molecule has 1 atom stereocenters. The fraction of sp³-hybridized carbons (Fsp3) is 0.667. The lowest BCUT2D eigenvalue weighted by molar-refractivity contribution is 0.480. The third-order valence-corrected chi connectivity index (χ3v) is 3.24. The van der Waals surface area contributed by atoms with Crippen molar-refractivity contribution in [2.45, 2.75) is 39.2 Å². The molecule has 1 aromatic rings. The highest BCUT2D eigenvalue weighted by Crippen LogP contribution is 2.25. The third-order valence-electron chi connectivity index (χ3n) is 3.24. The summed E-state index contributed by atoms with van der Waals surface area (Å²) in [4.78, 5) is 11.2. The molecule has 1 N–H and O–H groups in total. The van der Waals surface area contributed by atoms with Gasteiger partial charge >= 0.3 is 0 Å². The summed E-state index contributed by atoms with van der Waals surface area (Å²) in [5.41, 5.74) is 1.16. The number of aromatic nitrogens is 2. The van der Waals surface area contributed by atoms with Gasteiger partial charge in [-0.15, -0.1) is 0 Å². The van der Waals surface area contributed by atoms with Gasteiger partial charge in [0.25, 0.3) is 0 Å². The van der Waals surface area contributed by atoms with E-state index in [9.17, 15) is 0 Å². The molecular weight excluding hydrogens is 200 g/mol. The van der Waals surface area contributed by atoms with Crippen molar-refractivity contribution in [3.63, 3.8) is 0 Å². The molecule has 2 rings (SSSR count). The summed E-state index contributed by atoms with van der Waals surface area (Å²) in [6.45, 7) is 5.47. The lowest BCUT2D eigenvalue weighted by Gasteiger charge is -2.35. The Bertz CT molecular complexity index is 364. The van der Waals surface area contributed by atoms with Gasteiger partial charge in [0.15, 0.2) is 0 Å². The number of nitrogens with zero attached hydrogens (tertiary/aromatic N) is 3. The van der Waals surface area contributed by atoms with Gasteiger partial charge in [-0.2, -0.15) is 4.98 Å². The molecule has 4 nitrogen and oxygen atoms in total. The predicted molar refractivity (Wildman–Crippen MR) is 67.0 cm³/mol. The van der Waals surface area contributed by atoms with Crippen LogP contribution in [-0.2, 0) is 0 Å². The summed E-state index contributed by atoms with van der Waals surface area (Å²) in [6.07, 6.45) is 5.76. The molecule has 16 heavy (non-hydrogen) atoms. The Kier molecular flexibility index (Phi) is 3.27. The van der Waals surface area contributed by atoms with Crippen LogP contribution in [0.4, 0.5) is 11.8 Å². The zero-order valence-corrected chi connectivity index (χ0v) is 10.3. The summed E-state index contributed by atoms with van der Waals surface area (Å²) in [5, 5.41) is 3.00. The summed E-state index contributed by atoms with van der Waals surface area (Å²) < 4.78 is 0. The van der Waals surface area contributed by atoms with Gasteiger partial charge in [0.1, 0.15) is 5.82 Å². The SMILES string of the molecule is CNc1ncc(C)c(N2CCCCC2C)n1. The second-order valence-corrected chi connectivity index (χ2v) is 4.49. The summed E-state index contributed by atoms with van der Waals surface area (Å²) in [7, 11) is 1.86. The van der Waals surface area contributed by atoms with Gasteiger partial charge in [0.05, 0.1) is 0 Å². The van der Waals surface area contributed by atoms with Crippen LogP contribution in [0.5, 0.6) is 0 Å². The van der Waals surface area contributed by atoms with Crippen molar-refractivity contribution in [2.24, 2.45) is 0 Å². The van der Waals surface area contributed by atoms with Crippen LogP contribution >= 0.6 is 0 Å². The van der Waals surface area contributed by atoms with E-state index < -0.39 is 0 Å². The van der Waals surface area contributed by atoms with Crippen molar-refractivity contribution >= 4 is 11.8 Å². The predicted octanol–water partition coefficient (Wildman–Crippen LogP) is 2.21. The highest BCUT2D eigenvalue weighted by Gasteiger charge is 2.21. The van der Waals surface area contributed by atoms with E-state index >= 15 is 0 Å². The molecule has 0 aromatic carbocycles. The summed E-state index contributed by atoms with van der Waals surface area (Å²) >= 11 is 0. The minimum absolute atomic E-state index is 0.590. The molecule has 0 amide bonds. The second-order valence-electron chi connectivity index (χ2n) is 4.49. The minimum Gasteiger partial charge on any atom is -0.357 e. The molecule has 1 saturated heterocycles. The van der Waals surface area contributed by atoms with E-state index in [4.69, 9.17) is 0 Å². The Morgan fingerprint density at radius 3 is 2.94 bits per heavy atom. The smallest absolute Gasteiger partial charge is 0.224 e. The van der Waals surface area contributed by atoms with Crippen LogP contribution in [0, 0.1) is 6.92 Å². The monoisotopic (exact) mass is 220 g/mol. The first-order valence-electron chi connectivity index (χ1n) is 6.00. The van der Waals surface area contributed by atoms with Gasteiger partial charge in [-0.05, 0) is 33.1 Å². The standard InChI is InChI=1S/C12H20N4/c1-9-8-14-12(13-3)15-11(9)16-7-5-4-6-10(16)2/h8,10H,4-7H2,1-3H3,(H,13,14,15). The van der Waals surface area contributed by atoms with Gasteiger partial charge in [-0.1, -0.05) is 0 Å². The fourth-order valence-electron chi connectivity index (χ4n) is 2.26. The second kappa shape index (κ2) is 4.68. The van der Waals surface area contributed by atoms with Crippen LogP contribution in [0.2, 0.25) is 0 Å². The van der Waals surface area contributed by atoms with E-state index in [-0.39, 0.29) is 0 Å². The molecule has 1 aromatic heterocycles. The third kappa shape index (κ3) is 2.10. The Hall–Kier alpha value is -1.32. The molecule has 0 radical (unpaired) electrons. The molecule has 1 aliphatic heterocycles. The first kappa shape index (κ1) is 11.2. The quantitative estimate of drug-likeness (QED) is 0.829. The highest BCUT2D eigenvalue weighted by atomic mass is 15.2. The van der Waals surface area contributed by atoms with Crippen LogP contribution in [-0.4, -0.2) is 29.6 Å². The van der Waals surface area contributed by atoms with Crippen LogP contribution < -0.4 is 10.2 Å². The molecule has 1 aliphatic rings. The summed E-state index contributed by atoms with van der Waals surface area (Å²) in [5.74, 6) is 1.80. The Morgan fingerprint density at radius 1 is 1.44 bits per heavy atom. The maximum Gasteiger partial charge on any atom is 0.224 e. The number of piperidine rings is 1. The van der Waals surface area contributed by atoms with E-state index in [1.807, 2.05) is 13.2 Å². The van der Waals surface area contributed by atoms with E-state index in [0.29, 0.717) is 12.0 Å². The average Bonchev–Trinajstić information content (AvgIpc) is 2.31. The number of hydrogen-bond donors (Lipinski definition) is 1. The lowest BCUT2D eigenvalue weighted by Crippen LogP contribution is -2.38. The lowest BCUT2D eigenvalue weighted by atomic mass is 10.0. The number of rotatable bonds is 2. The average molecular weight is 220 g/mol. The molecule has 0 bridgehead atoms. The maximum atomic E-state index is 4.57. The van der Waals surface area contributed by atoms with Crippen molar-refractivity contribution in [1.82, 2.24) is 9.97 Å². The van der Waals surface area contributed by atoms with Crippen molar-refractivity contribution in [3.8, 4) is 0 Å². The van der Waals surface area contributed by atoms with Crippen LogP contribution in [0.15, 0.2) is 6.20 Å². The van der Waals surface area contributed by atoms with Gasteiger partial charge in [-0.25, -0.2) is 4.98 Å². The Morgan fingerprint density at radius 2 is 2.25 bits per heavy atom. The Balaban J connectivity index is 2.30. The minimum atomic E-state index is 0.590. The maximum absolute atomic E-state index is 4.57. The topological polar surface area (TPSA) is 41.1 Å². The molecular formula is C12H20N4. The largest absolute Gasteiger partial charge is 0.357 e. The zero-order chi connectivity index (χ0) is 11.5. The fourth-order valence-corrected chi connectivity index (χ4v) is 2.26. The van der Waals surface area contributed by atoms with Crippen molar-refractivity contribution < 1.29 is 0 Å². The number of nitrogens with one attached hydrogen (secondary N) is 1. The number of aryl methyl sites for hydroxylation is 1. The first-order valence-corrected chi connectivity index (χ1v) is 6.00. The van der Waals surface area contributed by atoms with Gasteiger partial charge < -0.3 is 10.2 Å². The molecule has 0 spiro atoms. The van der Waals surface area contributed by atoms with E-state index in [1.54, 1.807) is 0 Å². The molecule has 1 unspecified atom stereocenters. The van der Waals surface area contributed by atoms with Gasteiger partial charge in [-0.3, -0.25) is 0 Å². The van der Waals surface area contributed by atoms with E-state index in [1.165, 1.54) is 19.3 Å². The van der Waals surface area contributed by atoms with E-state index in [0.717, 1.165) is 17.9 Å². The molecule has 4 heteroatoms. The van der Waals surface area contributed by atoms with Gasteiger partial charge in [0, 0.05) is 31.4 Å². The zero-order valence-electron chi connectivity index (χ0n) is 10.3. The van der Waals surface area contributed by atoms with Crippen LogP contribution in [0.25, 0.3) is 0 Å². The molecule has 2 heterocycles. The molecule has 0 saturated carbocycles. The first-order chi connectivity index (χ1) is 7.72. The van der Waals surface area contributed by atoms with Crippen molar-refractivity contribution in [2.75, 3.05) is 23.8 Å². The molecule has 0 aliphatic carbocycles. The Labute approximate surface area is 97.1 Å². The number of anilines is 2. The summed E-state index contributed by atoms with van der Waals surface area (Å²) in [6, 6.07) is 0.590. The van der Waals surface area contributed by atoms with Crippen molar-refractivity contribution in [1.29, 1.82) is 0 Å². The van der Waals surface area contributed by atoms with E-state index in [2.05, 4.69) is 34.0 Å². The molecule has 1 fully saturated rings. The highest BCUT2D eigenvalue weighted by molar-refractivity contribution is 5.49. The normalized spacial score (nSPS) is 20.9. The van der Waals surface area contributed by atoms with Gasteiger partial charge in [0.2, 0.25) is 5.95 Å². The number of hydrogen-bond acceptors (Lipinski definition) is 4. The molecule has 88 valence electrons.